The minimum atomic E-state index is -4.78. The Hall–Kier alpha value is -4.98. The number of para-hydroxylation sites is 1. The van der Waals surface area contributed by atoms with Gasteiger partial charge in [-0.25, -0.2) is 8.42 Å². The molecule has 1 aromatic heterocycles. The van der Waals surface area contributed by atoms with Gasteiger partial charge in [0.25, 0.3) is 15.9 Å². The predicted octanol–water partition coefficient (Wildman–Crippen LogP) is 5.08. The van der Waals surface area contributed by atoms with Crippen molar-refractivity contribution in [2.45, 2.75) is 17.6 Å². The monoisotopic (exact) mass is 617 g/mol. The standard InChI is InChI=1S/C29H26F3N3O7S/c1-40-25-13-12-22(16-26(25)41-2)43(38,39)35(20-8-5-7-19(15-20)29(30,31)32)18-27(36)34-24-11-4-3-10-23(24)28(37)33-17-21-9-6-14-42-21/h3-16H,17-18H2,1-2H3,(H,33,37)(H,34,36). The summed E-state index contributed by atoms with van der Waals surface area (Å²) in [5.41, 5.74) is -1.41. The third kappa shape index (κ3) is 7.27. The Morgan fingerprint density at radius 1 is 0.907 bits per heavy atom. The van der Waals surface area contributed by atoms with Crippen molar-refractivity contribution in [3.8, 4) is 11.5 Å². The SMILES string of the molecule is COc1ccc(S(=O)(=O)N(CC(=O)Nc2ccccc2C(=O)NCc2ccco2)c2cccc(C(F)(F)F)c2)cc1OC. The largest absolute Gasteiger partial charge is 0.493 e. The van der Waals surface area contributed by atoms with Crippen LogP contribution in [0.1, 0.15) is 21.7 Å². The molecule has 0 atom stereocenters. The average Bonchev–Trinajstić information content (AvgIpc) is 3.52. The molecule has 0 spiro atoms. The molecule has 3 aromatic carbocycles. The number of amides is 2. The van der Waals surface area contributed by atoms with Crippen molar-refractivity contribution in [1.29, 1.82) is 0 Å². The van der Waals surface area contributed by atoms with Crippen LogP contribution in [-0.4, -0.2) is 41.0 Å². The number of nitrogens with zero attached hydrogens (tertiary/aromatic N) is 1. The lowest BCUT2D eigenvalue weighted by Crippen LogP contribution is -2.38. The van der Waals surface area contributed by atoms with Crippen LogP contribution in [0.15, 0.2) is 94.4 Å². The molecule has 0 bridgehead atoms. The Labute approximate surface area is 245 Å². The number of carbonyl (C=O) groups is 2. The van der Waals surface area contributed by atoms with E-state index in [4.69, 9.17) is 13.9 Å². The van der Waals surface area contributed by atoms with Crippen molar-refractivity contribution < 1.29 is 45.1 Å². The van der Waals surface area contributed by atoms with Crippen LogP contribution in [0.25, 0.3) is 0 Å². The molecule has 0 fully saturated rings. The number of rotatable bonds is 11. The molecule has 1 heterocycles. The molecule has 10 nitrogen and oxygen atoms in total. The second kappa shape index (κ2) is 12.9. The van der Waals surface area contributed by atoms with E-state index in [0.717, 1.165) is 24.3 Å². The van der Waals surface area contributed by atoms with Crippen molar-refractivity contribution in [3.63, 3.8) is 0 Å². The van der Waals surface area contributed by atoms with Gasteiger partial charge in [-0.2, -0.15) is 13.2 Å². The van der Waals surface area contributed by atoms with Gasteiger partial charge in [-0.15, -0.1) is 0 Å². The number of halogens is 3. The first-order valence-corrected chi connectivity index (χ1v) is 14.0. The lowest BCUT2D eigenvalue weighted by molar-refractivity contribution is -0.137. The zero-order valence-corrected chi connectivity index (χ0v) is 23.7. The minimum Gasteiger partial charge on any atom is -0.493 e. The molecule has 0 saturated carbocycles. The van der Waals surface area contributed by atoms with E-state index in [9.17, 15) is 31.2 Å². The molecule has 0 unspecified atom stereocenters. The number of anilines is 2. The summed E-state index contributed by atoms with van der Waals surface area (Å²) in [7, 11) is -2.01. The van der Waals surface area contributed by atoms with Crippen LogP contribution in [0, 0.1) is 0 Å². The molecule has 43 heavy (non-hydrogen) atoms. The van der Waals surface area contributed by atoms with Crippen LogP contribution in [0.4, 0.5) is 24.5 Å². The average molecular weight is 618 g/mol. The lowest BCUT2D eigenvalue weighted by Gasteiger charge is -2.25. The van der Waals surface area contributed by atoms with E-state index in [1.807, 2.05) is 0 Å². The first-order chi connectivity index (χ1) is 20.4. The van der Waals surface area contributed by atoms with Crippen LogP contribution in [0.2, 0.25) is 0 Å². The lowest BCUT2D eigenvalue weighted by atomic mass is 10.1. The number of hydrogen-bond donors (Lipinski definition) is 2. The van der Waals surface area contributed by atoms with Gasteiger partial charge in [0, 0.05) is 6.07 Å². The summed E-state index contributed by atoms with van der Waals surface area (Å²) in [5, 5.41) is 5.15. The van der Waals surface area contributed by atoms with Gasteiger partial charge in [0.15, 0.2) is 11.5 Å². The number of hydrogen-bond acceptors (Lipinski definition) is 7. The summed E-state index contributed by atoms with van der Waals surface area (Å²) in [6, 6.07) is 16.5. The highest BCUT2D eigenvalue weighted by atomic mass is 32.2. The summed E-state index contributed by atoms with van der Waals surface area (Å²) in [6.45, 7) is -0.860. The number of benzene rings is 3. The maximum absolute atomic E-state index is 13.8. The molecule has 0 radical (unpaired) electrons. The molecular formula is C29H26F3N3O7S. The highest BCUT2D eigenvalue weighted by molar-refractivity contribution is 7.92. The van der Waals surface area contributed by atoms with Gasteiger partial charge in [-0.3, -0.25) is 13.9 Å². The van der Waals surface area contributed by atoms with E-state index < -0.39 is 45.8 Å². The number of sulfonamides is 1. The Morgan fingerprint density at radius 3 is 2.33 bits per heavy atom. The van der Waals surface area contributed by atoms with Gasteiger partial charge < -0.3 is 24.5 Å². The molecule has 0 aliphatic rings. The van der Waals surface area contributed by atoms with E-state index in [1.54, 1.807) is 24.3 Å². The van der Waals surface area contributed by atoms with Gasteiger partial charge in [0.2, 0.25) is 5.91 Å². The summed E-state index contributed by atoms with van der Waals surface area (Å²) in [4.78, 5) is 25.7. The third-order valence-corrected chi connectivity index (χ3v) is 7.91. The minimum absolute atomic E-state index is 0.0477. The third-order valence-electron chi connectivity index (χ3n) is 6.14. The highest BCUT2D eigenvalue weighted by Gasteiger charge is 2.34. The van der Waals surface area contributed by atoms with Crippen molar-refractivity contribution in [3.05, 3.63) is 102 Å². The number of furan rings is 1. The summed E-state index contributed by atoms with van der Waals surface area (Å²) in [6.07, 6.45) is -3.33. The van der Waals surface area contributed by atoms with E-state index in [0.29, 0.717) is 16.1 Å². The topological polar surface area (TPSA) is 127 Å². The van der Waals surface area contributed by atoms with Crippen LogP contribution in [0.3, 0.4) is 0 Å². The summed E-state index contributed by atoms with van der Waals surface area (Å²) < 4.78 is 84.3. The van der Waals surface area contributed by atoms with Gasteiger partial charge in [-0.1, -0.05) is 18.2 Å². The second-order valence-electron chi connectivity index (χ2n) is 8.93. The van der Waals surface area contributed by atoms with Gasteiger partial charge in [0.1, 0.15) is 12.3 Å². The van der Waals surface area contributed by atoms with Crippen molar-refractivity contribution in [2.75, 3.05) is 30.4 Å². The first-order valence-electron chi connectivity index (χ1n) is 12.6. The normalized spacial score (nSPS) is 11.5. The highest BCUT2D eigenvalue weighted by Crippen LogP contribution is 2.35. The van der Waals surface area contributed by atoms with Crippen molar-refractivity contribution >= 4 is 33.2 Å². The zero-order valence-electron chi connectivity index (χ0n) is 22.8. The molecule has 0 aliphatic heterocycles. The number of ether oxygens (including phenoxy) is 2. The van der Waals surface area contributed by atoms with Gasteiger partial charge in [-0.05, 0) is 54.6 Å². The quantitative estimate of drug-likeness (QED) is 0.240. The number of carbonyl (C=O) groups excluding carboxylic acids is 2. The zero-order chi connectivity index (χ0) is 31.2. The molecule has 4 rings (SSSR count). The number of methoxy groups -OCH3 is 2. The molecule has 0 saturated heterocycles. The van der Waals surface area contributed by atoms with Crippen molar-refractivity contribution in [2.24, 2.45) is 0 Å². The van der Waals surface area contributed by atoms with Crippen LogP contribution >= 0.6 is 0 Å². The van der Waals surface area contributed by atoms with E-state index in [2.05, 4.69) is 10.6 Å². The number of nitrogens with one attached hydrogen (secondary N) is 2. The predicted molar refractivity (Wildman–Crippen MR) is 150 cm³/mol. The molecule has 2 N–H and O–H groups in total. The molecular weight excluding hydrogens is 591 g/mol. The van der Waals surface area contributed by atoms with Crippen LogP contribution < -0.4 is 24.4 Å². The smallest absolute Gasteiger partial charge is 0.416 e. The Balaban J connectivity index is 1.67. The van der Waals surface area contributed by atoms with Gasteiger partial charge in [0.05, 0.1) is 54.4 Å². The molecule has 4 aromatic rings. The molecule has 226 valence electrons. The Bertz CT molecular complexity index is 1710. The fourth-order valence-corrected chi connectivity index (χ4v) is 5.47. The van der Waals surface area contributed by atoms with Gasteiger partial charge >= 0.3 is 6.18 Å². The maximum Gasteiger partial charge on any atom is 0.416 e. The Morgan fingerprint density at radius 2 is 1.65 bits per heavy atom. The van der Waals surface area contributed by atoms with Crippen LogP contribution in [0.5, 0.6) is 11.5 Å². The summed E-state index contributed by atoms with van der Waals surface area (Å²) in [5.74, 6) is -0.724. The van der Waals surface area contributed by atoms with E-state index in [-0.39, 0.29) is 34.2 Å². The first kappa shape index (κ1) is 31.0. The summed E-state index contributed by atoms with van der Waals surface area (Å²) >= 11 is 0. The second-order valence-corrected chi connectivity index (χ2v) is 10.8. The maximum atomic E-state index is 13.8. The van der Waals surface area contributed by atoms with Crippen LogP contribution in [-0.2, 0) is 27.5 Å². The Kier molecular flexibility index (Phi) is 9.29. The van der Waals surface area contributed by atoms with E-state index >= 15 is 0 Å². The molecule has 0 aliphatic carbocycles. The fourth-order valence-electron chi connectivity index (χ4n) is 4.04. The molecule has 14 heteroatoms. The molecule has 2 amide bonds. The number of alkyl halides is 3. The fraction of sp³-hybridized carbons (Fsp3) is 0.172. The van der Waals surface area contributed by atoms with Crippen molar-refractivity contribution in [1.82, 2.24) is 5.32 Å². The van der Waals surface area contributed by atoms with E-state index in [1.165, 1.54) is 44.7 Å².